The first-order valence-corrected chi connectivity index (χ1v) is 18.6. The number of hydrogen-bond acceptors (Lipinski definition) is 6. The van der Waals surface area contributed by atoms with Crippen LogP contribution in [-0.2, 0) is 19.0 Å². The van der Waals surface area contributed by atoms with Gasteiger partial charge in [0.05, 0.1) is 43.7 Å². The van der Waals surface area contributed by atoms with Gasteiger partial charge in [-0.15, -0.1) is 0 Å². The third kappa shape index (κ3) is 4.28. The Balaban J connectivity index is 1.11. The van der Waals surface area contributed by atoms with E-state index in [-0.39, 0.29) is 58.6 Å². The quantitative estimate of drug-likeness (QED) is 0.386. The summed E-state index contributed by atoms with van der Waals surface area (Å²) in [6.45, 7) is 22.0. The number of ether oxygens (including phenoxy) is 3. The van der Waals surface area contributed by atoms with Gasteiger partial charge in [-0.2, -0.15) is 0 Å². The molecule has 5 saturated carbocycles. The fourth-order valence-electron chi connectivity index (χ4n) is 13.7. The van der Waals surface area contributed by atoms with Crippen LogP contribution in [0.4, 0.5) is 0 Å². The minimum Gasteiger partial charge on any atom is -0.390 e. The first kappa shape index (κ1) is 32.8. The highest BCUT2D eigenvalue weighted by molar-refractivity contribution is 5.78. The highest BCUT2D eigenvalue weighted by Gasteiger charge is 2.84. The van der Waals surface area contributed by atoms with E-state index in [9.17, 15) is 15.0 Å². The average Bonchev–Trinajstić information content (AvgIpc) is 3.62. The number of carbonyl (C=O) groups is 1. The molecule has 2 N–H and O–H groups in total. The molecule has 45 heavy (non-hydrogen) atoms. The maximum atomic E-state index is 12.7. The number of aliphatic hydroxyl groups excluding tert-OH is 2. The molecule has 5 aliphatic carbocycles. The zero-order chi connectivity index (χ0) is 32.5. The Morgan fingerprint density at radius 3 is 2.36 bits per heavy atom. The molecule has 0 bridgehead atoms. The number of morpholine rings is 1. The standard InChI is InChI=1S/C38H63NO6/c1-21(2)30(40)24-18-23(5)29-31(44-24)32(41)36(9)26-11-10-25-34(6,7)27(45-28-19-39(16-17-43-28)33(42)22(3)4)12-13-37(25)20-38(26,37)15-14-35(29,36)8/h21-32,40-41H,10-20H2,1-9H3/t23-,24?,25+,26?,27+,28+,29+,30-,31?,32+,35-,36-,37-,38+/m1/s1. The maximum absolute atomic E-state index is 12.7. The predicted molar refractivity (Wildman–Crippen MR) is 173 cm³/mol. The molecule has 0 aromatic rings. The molecule has 7 nitrogen and oxygen atoms in total. The molecule has 0 aromatic carbocycles. The van der Waals surface area contributed by atoms with Crippen molar-refractivity contribution in [2.24, 2.45) is 62.6 Å². The minimum absolute atomic E-state index is 0.0136. The molecule has 2 aliphatic heterocycles. The Bertz CT molecular complexity index is 1170. The van der Waals surface area contributed by atoms with E-state index in [4.69, 9.17) is 14.2 Å². The number of amides is 1. The summed E-state index contributed by atoms with van der Waals surface area (Å²) in [5, 5.41) is 23.4. The van der Waals surface area contributed by atoms with Crippen molar-refractivity contribution in [2.75, 3.05) is 19.7 Å². The van der Waals surface area contributed by atoms with Crippen molar-refractivity contribution in [2.45, 2.75) is 150 Å². The van der Waals surface area contributed by atoms with Gasteiger partial charge in [-0.1, -0.05) is 62.3 Å². The molecule has 2 saturated heterocycles. The SMILES string of the molecule is CC(C)C(=O)N1CCO[C@@H](O[C@H]2CC[C@]34C[C@]35CC[C@]3(C)[C@@H]6C(OC([C@H](O)C(C)C)C[C@H]6C)[C@H](O)[C@@]3(C)C5CC[C@H]4C2(C)C)C1. The van der Waals surface area contributed by atoms with Crippen LogP contribution in [0.3, 0.4) is 0 Å². The molecule has 3 unspecified atom stereocenters. The maximum Gasteiger partial charge on any atom is 0.225 e. The van der Waals surface area contributed by atoms with Crippen molar-refractivity contribution in [3.63, 3.8) is 0 Å². The third-order valence-electron chi connectivity index (χ3n) is 16.0. The fraction of sp³-hybridized carbons (Fsp3) is 0.974. The monoisotopic (exact) mass is 629 g/mol. The summed E-state index contributed by atoms with van der Waals surface area (Å²) < 4.78 is 19.7. The van der Waals surface area contributed by atoms with Gasteiger partial charge in [0.25, 0.3) is 0 Å². The van der Waals surface area contributed by atoms with Crippen LogP contribution in [0.25, 0.3) is 0 Å². The Labute approximate surface area is 272 Å². The second kappa shape index (κ2) is 10.6. The number of rotatable bonds is 5. The van der Waals surface area contributed by atoms with Crippen LogP contribution in [0, 0.1) is 62.6 Å². The summed E-state index contributed by atoms with van der Waals surface area (Å²) in [4.78, 5) is 14.7. The topological polar surface area (TPSA) is 88.5 Å². The van der Waals surface area contributed by atoms with Gasteiger partial charge in [-0.05, 0) is 103 Å². The summed E-state index contributed by atoms with van der Waals surface area (Å²) in [6.07, 6.45) is 7.55. The second-order valence-corrected chi connectivity index (χ2v) is 18.7. The van der Waals surface area contributed by atoms with Crippen LogP contribution in [0.2, 0.25) is 0 Å². The number of hydrogen-bond donors (Lipinski definition) is 2. The lowest BCUT2D eigenvalue weighted by molar-refractivity contribution is -0.248. The summed E-state index contributed by atoms with van der Waals surface area (Å²) in [6, 6.07) is 0. The molecule has 7 fully saturated rings. The normalized spacial score (nSPS) is 52.4. The van der Waals surface area contributed by atoms with E-state index in [0.717, 1.165) is 25.7 Å². The van der Waals surface area contributed by atoms with E-state index in [0.29, 0.717) is 54.2 Å². The van der Waals surface area contributed by atoms with E-state index in [1.807, 2.05) is 18.7 Å². The van der Waals surface area contributed by atoms with Crippen LogP contribution < -0.4 is 0 Å². The lowest BCUT2D eigenvalue weighted by atomic mass is 9.41. The first-order chi connectivity index (χ1) is 21.0. The van der Waals surface area contributed by atoms with Crippen molar-refractivity contribution >= 4 is 5.91 Å². The van der Waals surface area contributed by atoms with Crippen molar-refractivity contribution < 1.29 is 29.2 Å². The predicted octanol–water partition coefficient (Wildman–Crippen LogP) is 6.04. The molecule has 0 aromatic heterocycles. The smallest absolute Gasteiger partial charge is 0.225 e. The van der Waals surface area contributed by atoms with Crippen LogP contribution in [0.15, 0.2) is 0 Å². The van der Waals surface area contributed by atoms with Gasteiger partial charge < -0.3 is 29.3 Å². The largest absolute Gasteiger partial charge is 0.390 e. The van der Waals surface area contributed by atoms with Crippen LogP contribution in [-0.4, -0.2) is 77.5 Å². The molecule has 2 spiro atoms. The van der Waals surface area contributed by atoms with Gasteiger partial charge in [-0.25, -0.2) is 0 Å². The highest BCUT2D eigenvalue weighted by Crippen LogP contribution is 2.89. The van der Waals surface area contributed by atoms with Crippen molar-refractivity contribution in [3.05, 3.63) is 0 Å². The van der Waals surface area contributed by atoms with E-state index in [1.54, 1.807) is 0 Å². The molecular weight excluding hydrogens is 566 g/mol. The Hall–Kier alpha value is -0.730. The van der Waals surface area contributed by atoms with Gasteiger partial charge in [-0.3, -0.25) is 4.79 Å². The molecule has 1 amide bonds. The number of aliphatic hydroxyl groups is 2. The summed E-state index contributed by atoms with van der Waals surface area (Å²) in [5.41, 5.74) is 0.475. The molecule has 7 rings (SSSR count). The molecule has 256 valence electrons. The Kier molecular flexibility index (Phi) is 7.75. The zero-order valence-electron chi connectivity index (χ0n) is 29.7. The fourth-order valence-corrected chi connectivity index (χ4v) is 13.7. The molecule has 2 heterocycles. The molecule has 7 aliphatic rings. The second-order valence-electron chi connectivity index (χ2n) is 18.7. The van der Waals surface area contributed by atoms with Crippen LogP contribution in [0.1, 0.15) is 114 Å². The lowest BCUT2D eigenvalue weighted by Crippen LogP contribution is -2.60. The summed E-state index contributed by atoms with van der Waals surface area (Å²) in [5.74, 6) is 2.15. The number of nitrogens with zero attached hydrogens (tertiary/aromatic N) is 1. The van der Waals surface area contributed by atoms with Crippen LogP contribution in [0.5, 0.6) is 0 Å². The Morgan fingerprint density at radius 1 is 0.978 bits per heavy atom. The molecule has 7 heteroatoms. The Morgan fingerprint density at radius 2 is 1.67 bits per heavy atom. The molecule has 14 atom stereocenters. The highest BCUT2D eigenvalue weighted by atomic mass is 16.7. The average molecular weight is 630 g/mol. The van der Waals surface area contributed by atoms with E-state index >= 15 is 0 Å². The zero-order valence-corrected chi connectivity index (χ0v) is 29.7. The first-order valence-electron chi connectivity index (χ1n) is 18.6. The van der Waals surface area contributed by atoms with Gasteiger partial charge in [0, 0.05) is 17.9 Å². The van der Waals surface area contributed by atoms with E-state index in [2.05, 4.69) is 48.5 Å². The number of fused-ring (bicyclic) bond motifs is 4. The van der Waals surface area contributed by atoms with Crippen molar-refractivity contribution in [3.8, 4) is 0 Å². The van der Waals surface area contributed by atoms with E-state index < -0.39 is 12.2 Å². The molecular formula is C38H63NO6. The molecule has 0 radical (unpaired) electrons. The summed E-state index contributed by atoms with van der Waals surface area (Å²) >= 11 is 0. The van der Waals surface area contributed by atoms with Gasteiger partial charge in [0.1, 0.15) is 0 Å². The van der Waals surface area contributed by atoms with Gasteiger partial charge in [0.2, 0.25) is 5.91 Å². The number of carbonyl (C=O) groups excluding carboxylic acids is 1. The van der Waals surface area contributed by atoms with Gasteiger partial charge in [0.15, 0.2) is 6.29 Å². The van der Waals surface area contributed by atoms with Crippen molar-refractivity contribution in [1.29, 1.82) is 0 Å². The minimum atomic E-state index is -0.499. The van der Waals surface area contributed by atoms with E-state index in [1.165, 1.54) is 25.7 Å². The van der Waals surface area contributed by atoms with Crippen molar-refractivity contribution in [1.82, 2.24) is 4.90 Å². The van der Waals surface area contributed by atoms with Crippen LogP contribution >= 0.6 is 0 Å². The van der Waals surface area contributed by atoms with Gasteiger partial charge >= 0.3 is 0 Å². The third-order valence-corrected chi connectivity index (χ3v) is 16.0. The lowest BCUT2D eigenvalue weighted by Gasteiger charge is -2.64. The summed E-state index contributed by atoms with van der Waals surface area (Å²) in [7, 11) is 0.